The molecule has 0 aliphatic rings. The SMILES string of the molecule is O=C(O)c1ccc(C(=O)Nc2ccc(SC(C(=O)Nc3ccccc3Cl)c3ccccc3)cc2)c(C(=O)O)c1. The Balaban J connectivity index is 1.51. The van der Waals surface area contributed by atoms with E-state index in [-0.39, 0.29) is 17.0 Å². The van der Waals surface area contributed by atoms with Crippen molar-refractivity contribution in [2.75, 3.05) is 10.6 Å². The average Bonchev–Trinajstić information content (AvgIpc) is 2.93. The van der Waals surface area contributed by atoms with Crippen molar-refractivity contribution < 1.29 is 29.4 Å². The van der Waals surface area contributed by atoms with Gasteiger partial charge in [-0.3, -0.25) is 9.59 Å². The number of rotatable bonds is 9. The Morgan fingerprint density at radius 1 is 0.718 bits per heavy atom. The van der Waals surface area contributed by atoms with Crippen LogP contribution >= 0.6 is 23.4 Å². The van der Waals surface area contributed by atoms with Crippen molar-refractivity contribution in [2.45, 2.75) is 10.1 Å². The summed E-state index contributed by atoms with van der Waals surface area (Å²) in [6.07, 6.45) is 0. The smallest absolute Gasteiger partial charge is 0.336 e. The normalized spacial score (nSPS) is 11.3. The minimum Gasteiger partial charge on any atom is -0.478 e. The van der Waals surface area contributed by atoms with Crippen LogP contribution in [0.3, 0.4) is 0 Å². The largest absolute Gasteiger partial charge is 0.478 e. The fourth-order valence-electron chi connectivity index (χ4n) is 3.67. The molecule has 39 heavy (non-hydrogen) atoms. The number of aromatic carboxylic acids is 2. The second-order valence-electron chi connectivity index (χ2n) is 8.23. The van der Waals surface area contributed by atoms with Crippen molar-refractivity contribution in [1.82, 2.24) is 0 Å². The van der Waals surface area contributed by atoms with Crippen LogP contribution in [0.1, 0.15) is 41.9 Å². The van der Waals surface area contributed by atoms with Gasteiger partial charge < -0.3 is 20.8 Å². The van der Waals surface area contributed by atoms with Crippen LogP contribution in [0.25, 0.3) is 0 Å². The van der Waals surface area contributed by atoms with Gasteiger partial charge in [-0.05, 0) is 60.2 Å². The molecule has 0 bridgehead atoms. The van der Waals surface area contributed by atoms with Crippen molar-refractivity contribution >= 4 is 58.5 Å². The summed E-state index contributed by atoms with van der Waals surface area (Å²) in [6.45, 7) is 0. The lowest BCUT2D eigenvalue weighted by atomic mass is 10.0. The van der Waals surface area contributed by atoms with Crippen LogP contribution in [0, 0.1) is 0 Å². The first-order chi connectivity index (χ1) is 18.7. The lowest BCUT2D eigenvalue weighted by Crippen LogP contribution is -2.19. The molecule has 0 heterocycles. The highest BCUT2D eigenvalue weighted by Crippen LogP contribution is 2.37. The first-order valence-electron chi connectivity index (χ1n) is 11.5. The summed E-state index contributed by atoms with van der Waals surface area (Å²) < 4.78 is 0. The van der Waals surface area contributed by atoms with Crippen LogP contribution in [0.5, 0.6) is 0 Å². The van der Waals surface area contributed by atoms with E-state index in [4.69, 9.17) is 16.7 Å². The maximum absolute atomic E-state index is 13.3. The molecule has 8 nitrogen and oxygen atoms in total. The number of thioether (sulfide) groups is 1. The Kier molecular flexibility index (Phi) is 8.65. The summed E-state index contributed by atoms with van der Waals surface area (Å²) in [5, 5.41) is 23.9. The Labute approximate surface area is 232 Å². The first-order valence-corrected chi connectivity index (χ1v) is 12.8. The van der Waals surface area contributed by atoms with E-state index < -0.39 is 28.7 Å². The van der Waals surface area contributed by atoms with E-state index in [1.165, 1.54) is 17.8 Å². The van der Waals surface area contributed by atoms with Gasteiger partial charge in [-0.1, -0.05) is 54.1 Å². The first kappa shape index (κ1) is 27.4. The third kappa shape index (κ3) is 6.84. The molecule has 196 valence electrons. The van der Waals surface area contributed by atoms with Crippen molar-refractivity contribution in [3.05, 3.63) is 124 Å². The fourth-order valence-corrected chi connectivity index (χ4v) is 4.87. The molecule has 2 amide bonds. The number of carbonyl (C=O) groups excluding carboxylic acids is 2. The molecule has 0 aliphatic carbocycles. The molecule has 1 unspecified atom stereocenters. The Morgan fingerprint density at radius 2 is 1.38 bits per heavy atom. The molecular weight excluding hydrogens is 540 g/mol. The van der Waals surface area contributed by atoms with E-state index in [1.54, 1.807) is 48.5 Å². The number of para-hydroxylation sites is 1. The summed E-state index contributed by atoms with van der Waals surface area (Å²) in [5.41, 5.74) is 0.842. The van der Waals surface area contributed by atoms with Gasteiger partial charge in [0.05, 0.1) is 27.4 Å². The lowest BCUT2D eigenvalue weighted by molar-refractivity contribution is -0.115. The van der Waals surface area contributed by atoms with Gasteiger partial charge in [0, 0.05) is 10.6 Å². The van der Waals surface area contributed by atoms with E-state index >= 15 is 0 Å². The van der Waals surface area contributed by atoms with Crippen LogP contribution in [-0.2, 0) is 4.79 Å². The fraction of sp³-hybridized carbons (Fsp3) is 0.0345. The Bertz CT molecular complexity index is 1540. The number of carbonyl (C=O) groups is 4. The van der Waals surface area contributed by atoms with Crippen molar-refractivity contribution in [3.63, 3.8) is 0 Å². The molecule has 0 fully saturated rings. The number of halogens is 1. The van der Waals surface area contributed by atoms with Crippen LogP contribution in [0.15, 0.2) is 102 Å². The molecule has 4 N–H and O–H groups in total. The van der Waals surface area contributed by atoms with Gasteiger partial charge in [0.2, 0.25) is 5.91 Å². The second-order valence-corrected chi connectivity index (χ2v) is 9.81. The number of amides is 2. The summed E-state index contributed by atoms with van der Waals surface area (Å²) in [5.74, 6) is -3.68. The molecule has 10 heteroatoms. The Morgan fingerprint density at radius 3 is 2.03 bits per heavy atom. The summed E-state index contributed by atoms with van der Waals surface area (Å²) in [4.78, 5) is 49.5. The molecular formula is C29H21ClN2O6S. The zero-order valence-corrected chi connectivity index (χ0v) is 21.7. The lowest BCUT2D eigenvalue weighted by Gasteiger charge is -2.18. The highest BCUT2D eigenvalue weighted by Gasteiger charge is 2.23. The quantitative estimate of drug-likeness (QED) is 0.173. The molecule has 4 aromatic rings. The van der Waals surface area contributed by atoms with Gasteiger partial charge in [-0.25, -0.2) is 9.59 Å². The van der Waals surface area contributed by atoms with Crippen molar-refractivity contribution in [3.8, 4) is 0 Å². The highest BCUT2D eigenvalue weighted by molar-refractivity contribution is 8.00. The number of carboxylic acids is 2. The molecule has 0 saturated heterocycles. The van der Waals surface area contributed by atoms with Crippen molar-refractivity contribution in [2.24, 2.45) is 0 Å². The minimum absolute atomic E-state index is 0.175. The molecule has 0 spiro atoms. The van der Waals surface area contributed by atoms with E-state index in [0.29, 0.717) is 16.4 Å². The molecule has 0 aliphatic heterocycles. The van der Waals surface area contributed by atoms with Crippen LogP contribution in [0.2, 0.25) is 5.02 Å². The number of anilines is 2. The predicted octanol–water partition coefficient (Wildman–Crippen LogP) is 6.46. The standard InChI is InChI=1S/C29H21ClN2O6S/c30-23-8-4-5-9-24(23)32-27(34)25(17-6-2-1-3-7-17)39-20-13-11-19(12-14-20)31-26(33)21-15-10-18(28(35)36)16-22(21)29(37)38/h1-16,25H,(H,31,33)(H,32,34)(H,35,36)(H,37,38). The van der Waals surface area contributed by atoms with E-state index in [0.717, 1.165) is 22.6 Å². The van der Waals surface area contributed by atoms with Crippen LogP contribution in [-0.4, -0.2) is 34.0 Å². The number of hydrogen-bond acceptors (Lipinski definition) is 5. The molecule has 0 aromatic heterocycles. The monoisotopic (exact) mass is 560 g/mol. The number of benzene rings is 4. The van der Waals surface area contributed by atoms with Gasteiger partial charge in [0.1, 0.15) is 5.25 Å². The maximum atomic E-state index is 13.3. The van der Waals surface area contributed by atoms with E-state index in [9.17, 15) is 24.3 Å². The minimum atomic E-state index is -1.42. The molecule has 4 aromatic carbocycles. The molecule has 1 atom stereocenters. The van der Waals surface area contributed by atoms with Gasteiger partial charge in [0.25, 0.3) is 5.91 Å². The van der Waals surface area contributed by atoms with E-state index in [1.807, 2.05) is 30.3 Å². The Hall–Kier alpha value is -4.60. The highest BCUT2D eigenvalue weighted by atomic mass is 35.5. The van der Waals surface area contributed by atoms with E-state index in [2.05, 4.69) is 10.6 Å². The predicted molar refractivity (Wildman–Crippen MR) is 150 cm³/mol. The third-order valence-corrected chi connectivity index (χ3v) is 7.18. The molecule has 0 radical (unpaired) electrons. The number of nitrogens with one attached hydrogen (secondary N) is 2. The summed E-state index contributed by atoms with van der Waals surface area (Å²) in [7, 11) is 0. The summed E-state index contributed by atoms with van der Waals surface area (Å²) in [6, 6.07) is 26.2. The average molecular weight is 561 g/mol. The third-order valence-electron chi connectivity index (χ3n) is 5.58. The second kappa shape index (κ2) is 12.3. The topological polar surface area (TPSA) is 133 Å². The molecule has 4 rings (SSSR count). The van der Waals surface area contributed by atoms with Gasteiger partial charge in [0.15, 0.2) is 0 Å². The summed E-state index contributed by atoms with van der Waals surface area (Å²) >= 11 is 7.52. The number of carboxylic acid groups (broad SMARTS) is 2. The van der Waals surface area contributed by atoms with Gasteiger partial charge in [-0.2, -0.15) is 0 Å². The molecule has 0 saturated carbocycles. The van der Waals surface area contributed by atoms with Crippen LogP contribution in [0.4, 0.5) is 11.4 Å². The maximum Gasteiger partial charge on any atom is 0.336 e. The van der Waals surface area contributed by atoms with Gasteiger partial charge in [-0.15, -0.1) is 11.8 Å². The zero-order chi connectivity index (χ0) is 27.9. The number of hydrogen-bond donors (Lipinski definition) is 4. The van der Waals surface area contributed by atoms with Crippen molar-refractivity contribution in [1.29, 1.82) is 0 Å². The van der Waals surface area contributed by atoms with Crippen LogP contribution < -0.4 is 10.6 Å². The van der Waals surface area contributed by atoms with Gasteiger partial charge >= 0.3 is 11.9 Å². The zero-order valence-electron chi connectivity index (χ0n) is 20.1.